The molecule has 1 saturated heterocycles. The van der Waals surface area contributed by atoms with E-state index in [1.54, 1.807) is 30.3 Å². The summed E-state index contributed by atoms with van der Waals surface area (Å²) in [6, 6.07) is 12.6. The third kappa shape index (κ3) is 3.97. The van der Waals surface area contributed by atoms with Crippen LogP contribution < -0.4 is 9.62 Å². The maximum atomic E-state index is 12.4. The summed E-state index contributed by atoms with van der Waals surface area (Å²) in [4.78, 5) is 16.0. The van der Waals surface area contributed by atoms with E-state index in [1.165, 1.54) is 18.2 Å². The number of rotatable bonds is 5. The van der Waals surface area contributed by atoms with Crippen LogP contribution in [0.5, 0.6) is 0 Å². The van der Waals surface area contributed by atoms with Gasteiger partial charge in [-0.25, -0.2) is 13.2 Å². The predicted molar refractivity (Wildman–Crippen MR) is 100 cm³/mol. The number of anilines is 2. The molecule has 0 radical (unpaired) electrons. The lowest BCUT2D eigenvalue weighted by atomic mass is 10.1. The Morgan fingerprint density at radius 1 is 1.04 bits per heavy atom. The van der Waals surface area contributed by atoms with Crippen molar-refractivity contribution in [3.63, 3.8) is 0 Å². The van der Waals surface area contributed by atoms with Crippen molar-refractivity contribution >= 4 is 27.4 Å². The van der Waals surface area contributed by atoms with Crippen LogP contribution in [0.1, 0.15) is 10.4 Å². The van der Waals surface area contributed by atoms with E-state index >= 15 is 0 Å². The molecule has 0 bridgehead atoms. The largest absolute Gasteiger partial charge is 0.478 e. The summed E-state index contributed by atoms with van der Waals surface area (Å²) < 4.78 is 27.3. The number of hydrogen-bond donors (Lipinski definition) is 2. The van der Waals surface area contributed by atoms with E-state index < -0.39 is 16.0 Å². The predicted octanol–water partition coefficient (Wildman–Crippen LogP) is 1.94. The summed E-state index contributed by atoms with van der Waals surface area (Å²) in [7, 11) is -1.74. The Balaban J connectivity index is 1.88. The maximum absolute atomic E-state index is 12.4. The molecule has 0 saturated carbocycles. The minimum atomic E-state index is -3.76. The molecule has 2 aromatic rings. The molecule has 7 nitrogen and oxygen atoms in total. The first-order valence-corrected chi connectivity index (χ1v) is 9.74. The van der Waals surface area contributed by atoms with Gasteiger partial charge in [0.2, 0.25) is 0 Å². The number of nitrogens with zero attached hydrogens (tertiary/aromatic N) is 2. The topological polar surface area (TPSA) is 90.0 Å². The van der Waals surface area contributed by atoms with E-state index in [0.717, 1.165) is 26.2 Å². The standard InChI is InChI=1S/C18H21N3O4S/c1-20-9-11-21(12-10-20)17-8-7-14(13-16(17)18(22)23)19-26(24,25)15-5-3-2-4-6-15/h2-8,13,19H,9-12H2,1H3,(H,22,23). The van der Waals surface area contributed by atoms with Crippen LogP contribution in [0.15, 0.2) is 53.4 Å². The van der Waals surface area contributed by atoms with E-state index in [4.69, 9.17) is 0 Å². The second-order valence-corrected chi connectivity index (χ2v) is 7.93. The lowest BCUT2D eigenvalue weighted by Crippen LogP contribution is -2.45. The highest BCUT2D eigenvalue weighted by atomic mass is 32.2. The quantitative estimate of drug-likeness (QED) is 0.830. The van der Waals surface area contributed by atoms with Crippen LogP contribution in [-0.2, 0) is 10.0 Å². The van der Waals surface area contributed by atoms with Gasteiger partial charge in [-0.05, 0) is 37.4 Å². The molecule has 1 aliphatic rings. The number of benzene rings is 2. The zero-order valence-corrected chi connectivity index (χ0v) is 15.2. The Bertz CT molecular complexity index is 892. The number of likely N-dealkylation sites (N-methyl/N-ethyl adjacent to an activating group) is 1. The molecular weight excluding hydrogens is 354 g/mol. The fourth-order valence-corrected chi connectivity index (χ4v) is 3.98. The lowest BCUT2D eigenvalue weighted by molar-refractivity contribution is 0.0697. The molecule has 1 fully saturated rings. The van der Waals surface area contributed by atoms with Gasteiger partial charge in [0.05, 0.1) is 16.1 Å². The number of piperazine rings is 1. The SMILES string of the molecule is CN1CCN(c2ccc(NS(=O)(=O)c3ccccc3)cc2C(=O)O)CC1. The molecule has 0 unspecified atom stereocenters. The molecule has 0 aromatic heterocycles. The van der Waals surface area contributed by atoms with Crippen molar-refractivity contribution in [2.24, 2.45) is 0 Å². The molecule has 0 spiro atoms. The number of hydrogen-bond acceptors (Lipinski definition) is 5. The highest BCUT2D eigenvalue weighted by Crippen LogP contribution is 2.27. The maximum Gasteiger partial charge on any atom is 0.337 e. The highest BCUT2D eigenvalue weighted by Gasteiger charge is 2.21. The molecule has 0 atom stereocenters. The van der Waals surface area contributed by atoms with Crippen LogP contribution in [0.3, 0.4) is 0 Å². The number of sulfonamides is 1. The number of carboxylic acids is 1. The van der Waals surface area contributed by atoms with Crippen LogP contribution in [0.25, 0.3) is 0 Å². The van der Waals surface area contributed by atoms with Crippen molar-refractivity contribution in [3.8, 4) is 0 Å². The summed E-state index contributed by atoms with van der Waals surface area (Å²) >= 11 is 0. The van der Waals surface area contributed by atoms with Crippen LogP contribution in [0.2, 0.25) is 0 Å². The van der Waals surface area contributed by atoms with Gasteiger partial charge in [0.25, 0.3) is 10.0 Å². The van der Waals surface area contributed by atoms with Crippen LogP contribution in [0, 0.1) is 0 Å². The summed E-state index contributed by atoms with van der Waals surface area (Å²) in [5.41, 5.74) is 0.917. The van der Waals surface area contributed by atoms with E-state index in [1.807, 2.05) is 11.9 Å². The first-order valence-electron chi connectivity index (χ1n) is 8.25. The van der Waals surface area contributed by atoms with E-state index in [2.05, 4.69) is 9.62 Å². The smallest absolute Gasteiger partial charge is 0.337 e. The third-order valence-corrected chi connectivity index (χ3v) is 5.77. The summed E-state index contributed by atoms with van der Waals surface area (Å²) in [5, 5.41) is 9.57. The van der Waals surface area contributed by atoms with E-state index in [9.17, 15) is 18.3 Å². The van der Waals surface area contributed by atoms with Crippen molar-refractivity contribution in [2.45, 2.75) is 4.90 Å². The number of aromatic carboxylic acids is 1. The molecule has 2 N–H and O–H groups in total. The summed E-state index contributed by atoms with van der Waals surface area (Å²) in [6.45, 7) is 3.15. The van der Waals surface area contributed by atoms with Crippen LogP contribution in [0.4, 0.5) is 11.4 Å². The van der Waals surface area contributed by atoms with Gasteiger partial charge in [0, 0.05) is 31.9 Å². The van der Waals surface area contributed by atoms with Crippen molar-refractivity contribution < 1.29 is 18.3 Å². The lowest BCUT2D eigenvalue weighted by Gasteiger charge is -2.34. The average molecular weight is 375 g/mol. The van der Waals surface area contributed by atoms with E-state index in [-0.39, 0.29) is 16.1 Å². The van der Waals surface area contributed by atoms with Gasteiger partial charge in [-0.2, -0.15) is 0 Å². The molecule has 1 aliphatic heterocycles. The molecule has 0 amide bonds. The van der Waals surface area contributed by atoms with Crippen molar-refractivity contribution in [2.75, 3.05) is 42.8 Å². The average Bonchev–Trinajstić information content (AvgIpc) is 2.63. The fraction of sp³-hybridized carbons (Fsp3) is 0.278. The van der Waals surface area contributed by atoms with E-state index in [0.29, 0.717) is 5.69 Å². The number of carboxylic acid groups (broad SMARTS) is 1. The Morgan fingerprint density at radius 2 is 1.69 bits per heavy atom. The highest BCUT2D eigenvalue weighted by molar-refractivity contribution is 7.92. The fourth-order valence-electron chi connectivity index (χ4n) is 2.91. The first-order chi connectivity index (χ1) is 12.4. The molecule has 26 heavy (non-hydrogen) atoms. The van der Waals surface area contributed by atoms with Gasteiger partial charge in [-0.3, -0.25) is 4.72 Å². The first kappa shape index (κ1) is 18.2. The zero-order valence-electron chi connectivity index (χ0n) is 14.4. The van der Waals surface area contributed by atoms with Gasteiger partial charge in [-0.15, -0.1) is 0 Å². The molecule has 0 aliphatic carbocycles. The second kappa shape index (κ2) is 7.35. The Labute approximate surface area is 152 Å². The Hall–Kier alpha value is -2.58. The summed E-state index contributed by atoms with van der Waals surface area (Å²) in [6.07, 6.45) is 0. The minimum absolute atomic E-state index is 0.0859. The molecule has 2 aromatic carbocycles. The number of carbonyl (C=O) groups is 1. The van der Waals surface area contributed by atoms with Gasteiger partial charge in [0.1, 0.15) is 0 Å². The van der Waals surface area contributed by atoms with Gasteiger partial charge >= 0.3 is 5.97 Å². The van der Waals surface area contributed by atoms with Crippen molar-refractivity contribution in [1.29, 1.82) is 0 Å². The van der Waals surface area contributed by atoms with Crippen LogP contribution in [-0.4, -0.2) is 57.6 Å². The molecular formula is C18H21N3O4S. The van der Waals surface area contributed by atoms with Gasteiger partial charge in [0.15, 0.2) is 0 Å². The molecule has 1 heterocycles. The molecule has 3 rings (SSSR count). The van der Waals surface area contributed by atoms with Gasteiger partial charge < -0.3 is 14.9 Å². The minimum Gasteiger partial charge on any atom is -0.478 e. The summed E-state index contributed by atoms with van der Waals surface area (Å²) in [5.74, 6) is -1.08. The second-order valence-electron chi connectivity index (χ2n) is 6.25. The Morgan fingerprint density at radius 3 is 2.31 bits per heavy atom. The third-order valence-electron chi connectivity index (χ3n) is 4.38. The monoisotopic (exact) mass is 375 g/mol. The Kier molecular flexibility index (Phi) is 5.15. The van der Waals surface area contributed by atoms with Crippen molar-refractivity contribution in [3.05, 3.63) is 54.1 Å². The van der Waals surface area contributed by atoms with Gasteiger partial charge in [-0.1, -0.05) is 18.2 Å². The molecule has 138 valence electrons. The zero-order chi connectivity index (χ0) is 18.7. The van der Waals surface area contributed by atoms with Crippen LogP contribution >= 0.6 is 0 Å². The normalized spacial score (nSPS) is 15.7. The van der Waals surface area contributed by atoms with Crippen molar-refractivity contribution in [1.82, 2.24) is 4.90 Å². The number of nitrogens with one attached hydrogen (secondary N) is 1. The molecule has 8 heteroatoms.